The van der Waals surface area contributed by atoms with Crippen LogP contribution in [0, 0.1) is 6.92 Å². The minimum absolute atomic E-state index is 0. The van der Waals surface area contributed by atoms with Gasteiger partial charge in [0.2, 0.25) is 0 Å². The number of rotatable bonds is 16. The molecule has 3 aliphatic heterocycles. The van der Waals surface area contributed by atoms with Crippen LogP contribution in [0.25, 0.3) is 10.6 Å². The van der Waals surface area contributed by atoms with E-state index in [1.807, 2.05) is 18.2 Å². The predicted molar refractivity (Wildman–Crippen MR) is 380 cm³/mol. The molecule has 0 amide bonds. The van der Waals surface area contributed by atoms with Crippen LogP contribution in [0.15, 0.2) is 137 Å². The van der Waals surface area contributed by atoms with Crippen LogP contribution in [0.5, 0.6) is 0 Å². The van der Waals surface area contributed by atoms with Crippen LogP contribution < -0.4 is 24.8 Å². The zero-order chi connectivity index (χ0) is 62.3. The number of ether oxygens (including phenoxy) is 3. The molecule has 0 N–H and O–H groups in total. The van der Waals surface area contributed by atoms with Crippen LogP contribution in [0.3, 0.4) is 0 Å². The normalized spacial score (nSPS) is 14.0. The summed E-state index contributed by atoms with van der Waals surface area (Å²) in [6.45, 7) is 52.2. The van der Waals surface area contributed by atoms with E-state index in [9.17, 15) is 0 Å². The van der Waals surface area contributed by atoms with Crippen molar-refractivity contribution in [3.63, 3.8) is 0 Å². The van der Waals surface area contributed by atoms with Crippen molar-refractivity contribution in [2.24, 2.45) is 9.98 Å². The van der Waals surface area contributed by atoms with E-state index in [4.69, 9.17) is 34.8 Å². The number of hydrogen-bond acceptors (Lipinski definition) is 5. The van der Waals surface area contributed by atoms with Crippen LogP contribution in [-0.2, 0) is 14.2 Å². The van der Waals surface area contributed by atoms with Gasteiger partial charge in [-0.05, 0) is 129 Å². The first-order valence-electron chi connectivity index (χ1n) is 32.1. The van der Waals surface area contributed by atoms with E-state index in [2.05, 4.69) is 242 Å². The van der Waals surface area contributed by atoms with Crippen molar-refractivity contribution in [1.29, 1.82) is 0 Å². The Kier molecular flexibility index (Phi) is 48.6. The third-order valence-corrected chi connectivity index (χ3v) is 14.8. The van der Waals surface area contributed by atoms with E-state index >= 15 is 0 Å². The van der Waals surface area contributed by atoms with E-state index < -0.39 is 0 Å². The quantitative estimate of drug-likeness (QED) is 0.0729. The standard InChI is InChI=1S/2C29H41N2.C7H8.3C4H8O.2ClH.2Sr/c2*1-18(2)24-13-11-14-25(19(3)4)28(24)30-22(9)17-23(10)31-29-26(20(5)6)15-12-16-27(29)21(7)8;1-7-5-3-2-4-6-7;3*1-2-4-5-3-1;;;;/h2*11-21H,1-10H3;2-6H,1H3;3*1-4H2;2*1H;;/q2*-1;;;;;;;2*+2/p-2/b2*22-17-,31-23?;;;;;;;;. The zero-order valence-corrected chi connectivity index (χ0v) is 67.2. The molecule has 0 spiro atoms. The van der Waals surface area contributed by atoms with Crippen LogP contribution in [-0.4, -0.2) is 142 Å². The fraction of sp³-hybridized carbons (Fsp3) is 0.532. The summed E-state index contributed by atoms with van der Waals surface area (Å²) < 4.78 is 14.8. The second-order valence-electron chi connectivity index (χ2n) is 25.3. The van der Waals surface area contributed by atoms with Gasteiger partial charge in [0.15, 0.2) is 0 Å². The molecular weight excluding hydrogens is 1280 g/mol. The molecule has 478 valence electrons. The summed E-state index contributed by atoms with van der Waals surface area (Å²) in [4.78, 5) is 10.2. The Bertz CT molecular complexity index is 2500. The van der Waals surface area contributed by atoms with Crippen LogP contribution >= 0.6 is 0 Å². The van der Waals surface area contributed by atoms with Crippen molar-refractivity contribution in [2.75, 3.05) is 39.6 Å². The summed E-state index contributed by atoms with van der Waals surface area (Å²) in [6.07, 6.45) is 11.9. The monoisotopic (exact) mass is 1390 g/mol. The maximum absolute atomic E-state index is 5.08. The Morgan fingerprint density at radius 1 is 0.341 bits per heavy atom. The maximum atomic E-state index is 5.08. The fourth-order valence-electron chi connectivity index (χ4n) is 10.1. The number of aliphatic imine (C=N–C) groups is 2. The second kappa shape index (κ2) is 48.6. The smallest absolute Gasteiger partial charge is 1.00 e. The van der Waals surface area contributed by atoms with Crippen molar-refractivity contribution in [3.8, 4) is 0 Å². The summed E-state index contributed by atoms with van der Waals surface area (Å²) in [6, 6.07) is 36.5. The Morgan fingerprint density at radius 3 is 0.727 bits per heavy atom. The van der Waals surface area contributed by atoms with E-state index in [0.717, 1.165) is 85.2 Å². The molecule has 3 saturated heterocycles. The van der Waals surface area contributed by atoms with E-state index in [-0.39, 0.29) is 116 Å². The largest absolute Gasteiger partial charge is 2.00 e. The van der Waals surface area contributed by atoms with Gasteiger partial charge < -0.3 is 49.7 Å². The molecule has 8 rings (SSSR count). The predicted octanol–water partition coefficient (Wildman–Crippen LogP) is 17.4. The molecule has 88 heavy (non-hydrogen) atoms. The molecule has 0 saturated carbocycles. The number of benzene rings is 5. The summed E-state index contributed by atoms with van der Waals surface area (Å²) >= 11 is 0. The zero-order valence-electron chi connectivity index (χ0n) is 58.8. The van der Waals surface area contributed by atoms with Gasteiger partial charge in [-0.1, -0.05) is 268 Å². The summed E-state index contributed by atoms with van der Waals surface area (Å²) in [5.41, 5.74) is 20.2. The van der Waals surface area contributed by atoms with E-state index in [1.54, 1.807) is 0 Å². The number of aryl methyl sites for hydroxylation is 1. The first-order valence-corrected chi connectivity index (χ1v) is 32.1. The van der Waals surface area contributed by atoms with Gasteiger partial charge in [0, 0.05) is 51.1 Å². The Balaban J connectivity index is 0. The number of halogens is 2. The fourth-order valence-corrected chi connectivity index (χ4v) is 10.1. The van der Waals surface area contributed by atoms with Crippen molar-refractivity contribution in [1.82, 2.24) is 0 Å². The first kappa shape index (κ1) is 88.0. The van der Waals surface area contributed by atoms with Crippen LogP contribution in [0.1, 0.15) is 274 Å². The van der Waals surface area contributed by atoms with Gasteiger partial charge in [0.25, 0.3) is 0 Å². The number of para-hydroxylation sites is 4. The van der Waals surface area contributed by atoms with Crippen molar-refractivity contribution < 1.29 is 39.0 Å². The SMILES string of the molecule is C1CCOC1.C1CCOC1.C1CCOC1.CC(/C=C(/C)[N-]c1c(C(C)C)cccc1C(C)C)=Nc1c(C(C)C)cccc1C(C)C.CC(/C=C(/C)[N-]c1c(C(C)C)cccc1C(C)C)=Nc1c(C(C)C)cccc1C(C)C.Cc1ccccc1.[Cl-].[Cl-].[Sr+2].[Sr+2]. The molecule has 3 aliphatic rings. The third kappa shape index (κ3) is 32.7. The summed E-state index contributed by atoms with van der Waals surface area (Å²) in [5.74, 6) is 3.49. The summed E-state index contributed by atoms with van der Waals surface area (Å²) in [7, 11) is 0. The molecule has 5 aromatic carbocycles. The average molecular weight is 1390 g/mol. The van der Waals surface area contributed by atoms with Crippen molar-refractivity contribution in [3.05, 3.63) is 187 Å². The molecule has 0 aromatic heterocycles. The van der Waals surface area contributed by atoms with Crippen LogP contribution in [0.2, 0.25) is 0 Å². The molecule has 0 unspecified atom stereocenters. The van der Waals surface area contributed by atoms with E-state index in [0.29, 0.717) is 47.3 Å². The van der Waals surface area contributed by atoms with Gasteiger partial charge in [0.1, 0.15) is 0 Å². The molecule has 0 radical (unpaired) electrons. The molecule has 11 heteroatoms. The molecule has 7 nitrogen and oxygen atoms in total. The van der Waals surface area contributed by atoms with Gasteiger partial charge >= 0.3 is 91.0 Å². The molecule has 5 aromatic rings. The summed E-state index contributed by atoms with van der Waals surface area (Å²) in [5, 5.41) is 10.2. The molecule has 0 bridgehead atoms. The van der Waals surface area contributed by atoms with Crippen molar-refractivity contribution in [2.45, 2.75) is 231 Å². The Hall–Kier alpha value is -2.06. The maximum Gasteiger partial charge on any atom is 2.00 e. The van der Waals surface area contributed by atoms with Gasteiger partial charge in [-0.3, -0.25) is 9.98 Å². The Morgan fingerprint density at radius 2 is 0.557 bits per heavy atom. The van der Waals surface area contributed by atoms with E-state index in [1.165, 1.54) is 88.6 Å². The Labute approximate surface area is 625 Å². The van der Waals surface area contributed by atoms with Gasteiger partial charge in [-0.25, -0.2) is 0 Å². The topological polar surface area (TPSA) is 80.6 Å². The minimum Gasteiger partial charge on any atom is -1.00 e. The van der Waals surface area contributed by atoms with Gasteiger partial charge in [-0.2, -0.15) is 11.4 Å². The third-order valence-electron chi connectivity index (χ3n) is 14.8. The molecular formula is C77H114Cl2N4O3Sr2. The first-order chi connectivity index (χ1) is 39.9. The minimum atomic E-state index is 0. The van der Waals surface area contributed by atoms with Crippen LogP contribution in [0.4, 0.5) is 22.7 Å². The second-order valence-corrected chi connectivity index (χ2v) is 25.3. The van der Waals surface area contributed by atoms with Gasteiger partial charge in [0.05, 0.1) is 11.4 Å². The van der Waals surface area contributed by atoms with Gasteiger partial charge in [-0.15, -0.1) is 11.4 Å². The number of hydrogen-bond donors (Lipinski definition) is 0. The number of nitrogens with zero attached hydrogens (tertiary/aromatic N) is 4. The molecule has 0 atom stereocenters. The average Bonchev–Trinajstić information content (AvgIpc) is 2.80. The number of allylic oxidation sites excluding steroid dienone is 4. The van der Waals surface area contributed by atoms with Crippen molar-refractivity contribution >= 4 is 125 Å². The molecule has 3 heterocycles. The molecule has 0 aliphatic carbocycles. The molecule has 3 fully saturated rings.